The van der Waals surface area contributed by atoms with Crippen LogP contribution in [0, 0.1) is 35.0 Å². The molecule has 18 nitrogen and oxygen atoms in total. The van der Waals surface area contributed by atoms with E-state index in [1.807, 2.05) is 27.7 Å². The number of carbonyl (C=O) groups excluding carboxylic acids is 4. The number of anilines is 1. The first-order valence-electron chi connectivity index (χ1n) is 20.7. The van der Waals surface area contributed by atoms with Crippen LogP contribution in [0.1, 0.15) is 93.2 Å². The second kappa shape index (κ2) is 22.1. The Bertz CT molecular complexity index is 2030. The van der Waals surface area contributed by atoms with E-state index in [0.717, 1.165) is 32.0 Å². The van der Waals surface area contributed by atoms with Crippen molar-refractivity contribution < 1.29 is 56.5 Å². The molecule has 3 N–H and O–H groups in total. The highest BCUT2D eigenvalue weighted by Gasteiger charge is 2.63. The second-order valence-corrected chi connectivity index (χ2v) is 17.2. The van der Waals surface area contributed by atoms with E-state index in [2.05, 4.69) is 21.2 Å². The van der Waals surface area contributed by atoms with Crippen LogP contribution in [0.15, 0.2) is 48.8 Å². The molecule has 0 aliphatic carbocycles. The van der Waals surface area contributed by atoms with Crippen LogP contribution in [-0.2, 0) is 57.6 Å². The average molecular weight is 871 g/mol. The highest BCUT2D eigenvalue weighted by atomic mass is 31.2. The summed E-state index contributed by atoms with van der Waals surface area (Å²) in [6.07, 6.45) is -1.14. The summed E-state index contributed by atoms with van der Waals surface area (Å²) in [5.41, 5.74) is 4.23. The summed E-state index contributed by atoms with van der Waals surface area (Å²) in [5, 5.41) is 17.9. The minimum absolute atomic E-state index is 0.0267. The quantitative estimate of drug-likeness (QED) is 0.0623. The van der Waals surface area contributed by atoms with E-state index in [-0.39, 0.29) is 42.3 Å². The number of benzene rings is 1. The minimum atomic E-state index is -4.78. The van der Waals surface area contributed by atoms with E-state index in [1.54, 1.807) is 45.9 Å². The molecule has 1 aliphatic heterocycles. The zero-order chi connectivity index (χ0) is 44.9. The normalized spacial score (nSPS) is 20.3. The molecular weight excluding hydrogens is 811 g/mol. The molecule has 1 fully saturated rings. The van der Waals surface area contributed by atoms with Crippen LogP contribution in [0.3, 0.4) is 0 Å². The van der Waals surface area contributed by atoms with Gasteiger partial charge in [0.1, 0.15) is 35.8 Å². The largest absolute Gasteiger partial charge is 0.465 e. The molecule has 1 aliphatic rings. The summed E-state index contributed by atoms with van der Waals surface area (Å²) in [4.78, 5) is 57.7. The molecule has 0 unspecified atom stereocenters. The molecule has 0 radical (unpaired) electrons. The van der Waals surface area contributed by atoms with Crippen LogP contribution >= 0.6 is 7.75 Å². The molecule has 334 valence electrons. The van der Waals surface area contributed by atoms with Crippen molar-refractivity contribution >= 4 is 43.0 Å². The lowest BCUT2D eigenvalue weighted by Gasteiger charge is -2.29. The molecule has 6 atom stereocenters. The molecular formula is C42H59N6O12P. The van der Waals surface area contributed by atoms with Gasteiger partial charge >= 0.3 is 31.6 Å². The van der Waals surface area contributed by atoms with Gasteiger partial charge in [0.25, 0.3) is 0 Å². The molecule has 4 rings (SSSR count). The number of nitrogens with zero attached hydrogens (tertiary/aromatic N) is 4. The maximum absolute atomic E-state index is 15.0. The fraction of sp³-hybridized carbons (Fsp3) is 0.595. The van der Waals surface area contributed by atoms with Crippen molar-refractivity contribution in [2.45, 2.75) is 117 Å². The van der Waals surface area contributed by atoms with Crippen LogP contribution in [-0.4, -0.2) is 82.6 Å². The highest BCUT2D eigenvalue weighted by Crippen LogP contribution is 2.49. The van der Waals surface area contributed by atoms with Gasteiger partial charge < -0.3 is 33.9 Å². The third-order valence-electron chi connectivity index (χ3n) is 10.5. The standard InChI is InChI=1S/C42H59N6O12P/c1-9-28(10-2)21-54-35(49)20-31(41(52)55-22-29(11-3)12-4)47-61(53,60-30-16-14-13-15-17-30)56-23-33-36(57-39(50)26(5)6)37(58-40(51)27(7)8)42(24-43,59-33)34-19-18-32-38(44)45-25-46-48(32)34/h13-19,25-29,31,33,36-37H,9-12,20-23H2,1-8H3,(H,47,53)(H2,44,45,46)/t31-,33+,36+,37+,42-,61+/m0/s1. The number of nitriles is 1. The highest BCUT2D eigenvalue weighted by molar-refractivity contribution is 7.52. The number of para-hydroxylation sites is 1. The maximum Gasteiger partial charge on any atom is 0.459 e. The number of nitrogens with two attached hydrogens (primary N) is 1. The fourth-order valence-corrected chi connectivity index (χ4v) is 7.88. The monoisotopic (exact) mass is 870 g/mol. The Morgan fingerprint density at radius 1 is 0.902 bits per heavy atom. The molecule has 2 aromatic heterocycles. The number of carbonyl (C=O) groups is 4. The van der Waals surface area contributed by atoms with Gasteiger partial charge in [0.15, 0.2) is 18.0 Å². The van der Waals surface area contributed by atoms with Gasteiger partial charge in [0.2, 0.25) is 5.60 Å². The molecule has 61 heavy (non-hydrogen) atoms. The Kier molecular flexibility index (Phi) is 17.6. The van der Waals surface area contributed by atoms with Gasteiger partial charge in [-0.05, 0) is 36.1 Å². The molecule has 0 amide bonds. The van der Waals surface area contributed by atoms with Crippen molar-refractivity contribution in [2.75, 3.05) is 25.6 Å². The number of nitrogen functional groups attached to an aromatic ring is 1. The fourth-order valence-electron chi connectivity index (χ4n) is 6.37. The van der Waals surface area contributed by atoms with Gasteiger partial charge in [-0.1, -0.05) is 99.3 Å². The van der Waals surface area contributed by atoms with Crippen LogP contribution in [0.2, 0.25) is 0 Å². The Labute approximate surface area is 356 Å². The molecule has 1 saturated heterocycles. The third kappa shape index (κ3) is 12.3. The number of fused-ring (bicyclic) bond motifs is 1. The number of ether oxygens (including phenoxy) is 5. The minimum Gasteiger partial charge on any atom is -0.465 e. The lowest BCUT2D eigenvalue weighted by Crippen LogP contribution is -2.47. The Morgan fingerprint density at radius 3 is 2.10 bits per heavy atom. The number of nitrogens with one attached hydrogen (secondary N) is 1. The first kappa shape index (κ1) is 48.6. The number of hydrogen-bond acceptors (Lipinski definition) is 16. The number of rotatable bonds is 23. The van der Waals surface area contributed by atoms with Crippen molar-refractivity contribution in [3.63, 3.8) is 0 Å². The topological polar surface area (TPSA) is 242 Å². The van der Waals surface area contributed by atoms with Crippen LogP contribution in [0.25, 0.3) is 5.52 Å². The number of hydrogen-bond donors (Lipinski definition) is 2. The van der Waals surface area contributed by atoms with Crippen LogP contribution in [0.5, 0.6) is 5.75 Å². The first-order valence-corrected chi connectivity index (χ1v) is 22.3. The van der Waals surface area contributed by atoms with Crippen molar-refractivity contribution in [3.8, 4) is 11.8 Å². The van der Waals surface area contributed by atoms with Gasteiger partial charge in [-0.15, -0.1) is 0 Å². The van der Waals surface area contributed by atoms with Crippen LogP contribution in [0.4, 0.5) is 5.82 Å². The Balaban J connectivity index is 1.79. The summed E-state index contributed by atoms with van der Waals surface area (Å²) in [5.74, 6) is -4.28. The van der Waals surface area contributed by atoms with E-state index in [9.17, 15) is 24.4 Å². The van der Waals surface area contributed by atoms with E-state index in [1.165, 1.54) is 28.8 Å². The van der Waals surface area contributed by atoms with Gasteiger partial charge in [-0.3, -0.25) is 23.7 Å². The first-order chi connectivity index (χ1) is 29.0. The summed E-state index contributed by atoms with van der Waals surface area (Å²) >= 11 is 0. The molecule has 19 heteroatoms. The van der Waals surface area contributed by atoms with E-state index >= 15 is 4.57 Å². The predicted octanol–water partition coefficient (Wildman–Crippen LogP) is 6.08. The molecule has 0 spiro atoms. The smallest absolute Gasteiger partial charge is 0.459 e. The predicted molar refractivity (Wildman–Crippen MR) is 221 cm³/mol. The summed E-state index contributed by atoms with van der Waals surface area (Å²) in [7, 11) is -4.78. The number of aromatic nitrogens is 3. The Morgan fingerprint density at radius 2 is 1.51 bits per heavy atom. The van der Waals surface area contributed by atoms with E-state index in [4.69, 9.17) is 38.5 Å². The van der Waals surface area contributed by atoms with Gasteiger partial charge in [0.05, 0.1) is 43.8 Å². The van der Waals surface area contributed by atoms with Crippen molar-refractivity contribution in [1.29, 1.82) is 5.26 Å². The SMILES string of the molecule is CCC(CC)COC(=O)C[C@H](N[P@@](=O)(OC[C@H]1O[C@@](C#N)(c2ccc3c(N)ncnn23)[C@H](OC(=O)C(C)C)[C@@H]1OC(=O)C(C)C)Oc1ccccc1)C(=O)OCC(CC)CC. The van der Waals surface area contributed by atoms with Crippen molar-refractivity contribution in [1.82, 2.24) is 19.7 Å². The lowest BCUT2D eigenvalue weighted by molar-refractivity contribution is -0.173. The van der Waals surface area contributed by atoms with Crippen molar-refractivity contribution in [2.24, 2.45) is 23.7 Å². The summed E-state index contributed by atoms with van der Waals surface area (Å²) in [6, 6.07) is 11.5. The maximum atomic E-state index is 15.0. The zero-order valence-corrected chi connectivity index (χ0v) is 37.0. The number of esters is 4. The van der Waals surface area contributed by atoms with Crippen molar-refractivity contribution in [3.05, 3.63) is 54.5 Å². The summed E-state index contributed by atoms with van der Waals surface area (Å²) in [6.45, 7) is 13.6. The van der Waals surface area contributed by atoms with Gasteiger partial charge in [-0.2, -0.15) is 15.4 Å². The molecule has 0 bridgehead atoms. The molecule has 3 aromatic rings. The average Bonchev–Trinajstić information content (AvgIpc) is 3.81. The second-order valence-electron chi connectivity index (χ2n) is 15.5. The zero-order valence-electron chi connectivity index (χ0n) is 36.1. The van der Waals surface area contributed by atoms with E-state index in [0.29, 0.717) is 5.52 Å². The third-order valence-corrected chi connectivity index (χ3v) is 12.0. The summed E-state index contributed by atoms with van der Waals surface area (Å²) < 4.78 is 57.9. The molecule has 0 saturated carbocycles. The van der Waals surface area contributed by atoms with Crippen LogP contribution < -0.4 is 15.3 Å². The molecule has 3 heterocycles. The lowest BCUT2D eigenvalue weighted by atomic mass is 9.92. The molecule has 1 aromatic carbocycles. The Hall–Kier alpha value is -5.08. The van der Waals surface area contributed by atoms with Gasteiger partial charge in [0, 0.05) is 0 Å². The van der Waals surface area contributed by atoms with Gasteiger partial charge in [-0.25, -0.2) is 14.1 Å². The van der Waals surface area contributed by atoms with E-state index < -0.39 is 86.4 Å².